The molecule has 0 rings (SSSR count). The summed E-state index contributed by atoms with van der Waals surface area (Å²) in [6.07, 6.45) is 7.74. The van der Waals surface area contributed by atoms with Crippen molar-refractivity contribution < 1.29 is 4.74 Å². The van der Waals surface area contributed by atoms with Crippen molar-refractivity contribution in [2.75, 3.05) is 81.7 Å². The van der Waals surface area contributed by atoms with Gasteiger partial charge in [0.25, 0.3) is 0 Å². The molecule has 0 N–H and O–H groups in total. The molecule has 0 radical (unpaired) electrons. The summed E-state index contributed by atoms with van der Waals surface area (Å²) in [6, 6.07) is 1.29. The van der Waals surface area contributed by atoms with Crippen molar-refractivity contribution >= 4 is 0 Å². The van der Waals surface area contributed by atoms with E-state index in [4.69, 9.17) is 4.74 Å². The van der Waals surface area contributed by atoms with Crippen molar-refractivity contribution in [2.45, 2.75) is 64.5 Å². The van der Waals surface area contributed by atoms with Gasteiger partial charge in [-0.2, -0.15) is 0 Å². The van der Waals surface area contributed by atoms with Gasteiger partial charge in [-0.05, 0) is 55.1 Å². The van der Waals surface area contributed by atoms with Crippen LogP contribution in [0.1, 0.15) is 52.4 Å². The van der Waals surface area contributed by atoms with Crippen LogP contribution in [0.15, 0.2) is 0 Å². The Hall–Kier alpha value is -0.200. The van der Waals surface area contributed by atoms with Crippen molar-refractivity contribution in [1.82, 2.24) is 19.6 Å². The fourth-order valence-corrected chi connectivity index (χ4v) is 3.35. The Morgan fingerprint density at radius 2 is 1.00 bits per heavy atom. The lowest BCUT2D eigenvalue weighted by Crippen LogP contribution is -2.41. The quantitative estimate of drug-likeness (QED) is 0.337. The van der Waals surface area contributed by atoms with Gasteiger partial charge in [-0.15, -0.1) is 0 Å². The third-order valence-electron chi connectivity index (χ3n) is 5.52. The van der Waals surface area contributed by atoms with E-state index in [0.717, 1.165) is 39.4 Å². The van der Waals surface area contributed by atoms with Crippen LogP contribution in [0.3, 0.4) is 0 Å². The monoisotopic (exact) mass is 386 g/mol. The Morgan fingerprint density at radius 3 is 1.30 bits per heavy atom. The van der Waals surface area contributed by atoms with Crippen LogP contribution in [-0.2, 0) is 4.74 Å². The molecule has 164 valence electrons. The molecule has 0 aromatic carbocycles. The zero-order valence-electron chi connectivity index (χ0n) is 19.8. The minimum atomic E-state index is 0.646. The van der Waals surface area contributed by atoms with Gasteiger partial charge in [0.1, 0.15) is 0 Å². The van der Waals surface area contributed by atoms with Gasteiger partial charge in [0.15, 0.2) is 0 Å². The van der Waals surface area contributed by atoms with E-state index >= 15 is 0 Å². The van der Waals surface area contributed by atoms with Crippen LogP contribution in [0.2, 0.25) is 0 Å². The van der Waals surface area contributed by atoms with E-state index in [1.807, 2.05) is 0 Å². The fourth-order valence-electron chi connectivity index (χ4n) is 3.35. The molecule has 0 aliphatic rings. The van der Waals surface area contributed by atoms with E-state index in [-0.39, 0.29) is 0 Å². The van der Waals surface area contributed by atoms with Crippen LogP contribution in [0.5, 0.6) is 0 Å². The van der Waals surface area contributed by atoms with E-state index < -0.39 is 0 Å². The van der Waals surface area contributed by atoms with Crippen LogP contribution in [0, 0.1) is 0 Å². The van der Waals surface area contributed by atoms with Gasteiger partial charge in [-0.1, -0.05) is 39.5 Å². The molecule has 0 fully saturated rings. The Kier molecular flexibility index (Phi) is 16.6. The van der Waals surface area contributed by atoms with E-state index in [2.05, 4.69) is 75.7 Å². The number of unbranched alkanes of at least 4 members (excludes halogenated alkanes) is 2. The Morgan fingerprint density at radius 1 is 0.630 bits per heavy atom. The van der Waals surface area contributed by atoms with Gasteiger partial charge in [-0.3, -0.25) is 0 Å². The van der Waals surface area contributed by atoms with Crippen LogP contribution < -0.4 is 0 Å². The molecule has 27 heavy (non-hydrogen) atoms. The lowest BCUT2D eigenvalue weighted by atomic mass is 10.1. The first-order chi connectivity index (χ1) is 12.8. The number of hydrogen-bond donors (Lipinski definition) is 0. The number of hydrogen-bond acceptors (Lipinski definition) is 5. The van der Waals surface area contributed by atoms with Gasteiger partial charge in [0, 0.05) is 38.3 Å². The molecule has 0 bridgehead atoms. The lowest BCUT2D eigenvalue weighted by Gasteiger charge is -2.30. The zero-order chi connectivity index (χ0) is 20.7. The van der Waals surface area contributed by atoms with Crippen molar-refractivity contribution in [3.63, 3.8) is 0 Å². The molecule has 0 aliphatic carbocycles. The Balaban J connectivity index is 3.92. The predicted molar refractivity (Wildman–Crippen MR) is 120 cm³/mol. The lowest BCUT2D eigenvalue weighted by molar-refractivity contribution is 0.0809. The van der Waals surface area contributed by atoms with Gasteiger partial charge in [-0.25, -0.2) is 0 Å². The molecule has 2 unspecified atom stereocenters. The third-order valence-corrected chi connectivity index (χ3v) is 5.52. The molecular formula is C22H50N4O. The Labute approximate surface area is 171 Å². The third kappa shape index (κ3) is 14.5. The minimum Gasteiger partial charge on any atom is -0.379 e. The van der Waals surface area contributed by atoms with E-state index in [9.17, 15) is 0 Å². The topological polar surface area (TPSA) is 22.2 Å². The highest BCUT2D eigenvalue weighted by Crippen LogP contribution is 2.08. The van der Waals surface area contributed by atoms with Crippen molar-refractivity contribution in [3.8, 4) is 0 Å². The largest absolute Gasteiger partial charge is 0.379 e. The van der Waals surface area contributed by atoms with Crippen molar-refractivity contribution in [1.29, 1.82) is 0 Å². The van der Waals surface area contributed by atoms with E-state index in [1.165, 1.54) is 38.5 Å². The molecule has 0 aromatic rings. The van der Waals surface area contributed by atoms with Gasteiger partial charge >= 0.3 is 0 Å². The van der Waals surface area contributed by atoms with Crippen LogP contribution >= 0.6 is 0 Å². The summed E-state index contributed by atoms with van der Waals surface area (Å²) >= 11 is 0. The maximum atomic E-state index is 5.91. The zero-order valence-corrected chi connectivity index (χ0v) is 19.8. The second-order valence-electron chi connectivity index (χ2n) is 8.66. The average molecular weight is 387 g/mol. The van der Waals surface area contributed by atoms with Crippen LogP contribution in [-0.4, -0.2) is 113 Å². The van der Waals surface area contributed by atoms with Crippen molar-refractivity contribution in [3.05, 3.63) is 0 Å². The molecule has 0 aromatic heterocycles. The molecule has 5 heteroatoms. The summed E-state index contributed by atoms with van der Waals surface area (Å²) in [6.45, 7) is 10.5. The number of likely N-dealkylation sites (N-methyl/N-ethyl adjacent to an activating group) is 4. The maximum Gasteiger partial charge on any atom is 0.0593 e. The number of nitrogens with zero attached hydrogens (tertiary/aromatic N) is 4. The SMILES string of the molecule is CCCCC(CN(C)CCOCCN(C)CC(CCCC)N(C)C)N(C)C. The summed E-state index contributed by atoms with van der Waals surface area (Å²) in [5, 5.41) is 0. The highest BCUT2D eigenvalue weighted by Gasteiger charge is 2.14. The summed E-state index contributed by atoms with van der Waals surface area (Å²) in [5.41, 5.74) is 0. The maximum absolute atomic E-state index is 5.91. The predicted octanol–water partition coefficient (Wildman–Crippen LogP) is 3.11. The molecule has 0 saturated carbocycles. The van der Waals surface area contributed by atoms with Gasteiger partial charge in [0.2, 0.25) is 0 Å². The molecule has 2 atom stereocenters. The minimum absolute atomic E-state index is 0.646. The summed E-state index contributed by atoms with van der Waals surface area (Å²) in [7, 11) is 13.2. The summed E-state index contributed by atoms with van der Waals surface area (Å²) < 4.78 is 5.91. The van der Waals surface area contributed by atoms with E-state index in [1.54, 1.807) is 0 Å². The molecule has 0 heterocycles. The second kappa shape index (κ2) is 16.7. The molecule has 5 nitrogen and oxygen atoms in total. The molecule has 0 aliphatic heterocycles. The normalized spacial score (nSPS) is 14.7. The van der Waals surface area contributed by atoms with Crippen molar-refractivity contribution in [2.24, 2.45) is 0 Å². The second-order valence-corrected chi connectivity index (χ2v) is 8.66. The molecule has 0 amide bonds. The Bertz CT molecular complexity index is 295. The standard InChI is InChI=1S/C22H50N4O/c1-9-11-13-21(23(3)4)19-25(7)15-17-27-18-16-26(8)20-22(24(5)6)14-12-10-2/h21-22H,9-20H2,1-8H3. The smallest absolute Gasteiger partial charge is 0.0593 e. The summed E-state index contributed by atoms with van der Waals surface area (Å²) in [4.78, 5) is 9.55. The van der Waals surface area contributed by atoms with Gasteiger partial charge < -0.3 is 24.3 Å². The van der Waals surface area contributed by atoms with Gasteiger partial charge in [0.05, 0.1) is 13.2 Å². The molecular weight excluding hydrogens is 336 g/mol. The molecule has 0 spiro atoms. The fraction of sp³-hybridized carbons (Fsp3) is 1.00. The van der Waals surface area contributed by atoms with E-state index in [0.29, 0.717) is 12.1 Å². The average Bonchev–Trinajstić information content (AvgIpc) is 2.61. The first-order valence-corrected chi connectivity index (χ1v) is 11.1. The highest BCUT2D eigenvalue weighted by atomic mass is 16.5. The first-order valence-electron chi connectivity index (χ1n) is 11.1. The number of ether oxygens (including phenoxy) is 1. The molecule has 0 saturated heterocycles. The summed E-state index contributed by atoms with van der Waals surface area (Å²) in [5.74, 6) is 0. The van der Waals surface area contributed by atoms with Crippen LogP contribution in [0.25, 0.3) is 0 Å². The highest BCUT2D eigenvalue weighted by molar-refractivity contribution is 4.71. The first kappa shape index (κ1) is 26.8. The van der Waals surface area contributed by atoms with Crippen LogP contribution in [0.4, 0.5) is 0 Å². The number of rotatable bonds is 18.